The van der Waals surface area contributed by atoms with Crippen LogP contribution in [-0.4, -0.2) is 12.2 Å². The van der Waals surface area contributed by atoms with Gasteiger partial charge in [-0.2, -0.15) is 0 Å². The first-order valence-corrected chi connectivity index (χ1v) is 4.78. The fourth-order valence-corrected chi connectivity index (χ4v) is 2.01. The summed E-state index contributed by atoms with van der Waals surface area (Å²) in [4.78, 5) is 0. The lowest BCUT2D eigenvalue weighted by atomic mass is 9.86. The topological polar surface area (TPSA) is 9.23 Å². The molecule has 1 saturated heterocycles. The maximum absolute atomic E-state index is 5.64. The number of hydrogen-bond donors (Lipinski definition) is 0. The smallest absolute Gasteiger partial charge is 0.0629 e. The Bertz CT molecular complexity index is 116. The Balaban J connectivity index is 2.34. The molecule has 1 aliphatic heterocycles. The van der Waals surface area contributed by atoms with Gasteiger partial charge in [0.1, 0.15) is 0 Å². The van der Waals surface area contributed by atoms with Crippen LogP contribution in [0.3, 0.4) is 0 Å². The average Bonchev–Trinajstić information content (AvgIpc) is 1.85. The highest BCUT2D eigenvalue weighted by Gasteiger charge is 2.27. The Morgan fingerprint density at radius 1 is 1.45 bits per heavy atom. The van der Waals surface area contributed by atoms with Crippen molar-refractivity contribution in [2.45, 2.75) is 52.1 Å². The lowest BCUT2D eigenvalue weighted by Crippen LogP contribution is -2.33. The Morgan fingerprint density at radius 3 is 2.73 bits per heavy atom. The third-order valence-electron chi connectivity index (χ3n) is 2.50. The van der Waals surface area contributed by atoms with E-state index in [4.69, 9.17) is 4.74 Å². The molecule has 0 amide bonds. The lowest BCUT2D eigenvalue weighted by Gasteiger charge is -2.35. The fourth-order valence-electron chi connectivity index (χ4n) is 2.01. The van der Waals surface area contributed by atoms with Crippen LogP contribution in [0.1, 0.15) is 46.5 Å². The van der Waals surface area contributed by atoms with Crippen molar-refractivity contribution in [3.8, 4) is 0 Å². The normalized spacial score (nSPS) is 30.3. The Hall–Kier alpha value is -0.0400. The van der Waals surface area contributed by atoms with E-state index in [9.17, 15) is 0 Å². The summed E-state index contributed by atoms with van der Waals surface area (Å²) >= 11 is 0. The molecule has 0 N–H and O–H groups in total. The van der Waals surface area contributed by atoms with E-state index in [0.29, 0.717) is 0 Å². The van der Waals surface area contributed by atoms with Gasteiger partial charge in [-0.05, 0) is 32.6 Å². The van der Waals surface area contributed by atoms with Crippen LogP contribution in [-0.2, 0) is 4.74 Å². The summed E-state index contributed by atoms with van der Waals surface area (Å²) in [5.74, 6) is 0.920. The van der Waals surface area contributed by atoms with Crippen molar-refractivity contribution in [2.24, 2.45) is 5.92 Å². The van der Waals surface area contributed by atoms with Crippen LogP contribution >= 0.6 is 0 Å². The molecule has 0 aromatic carbocycles. The van der Waals surface area contributed by atoms with Gasteiger partial charge in [0.15, 0.2) is 0 Å². The quantitative estimate of drug-likeness (QED) is 0.597. The second-order valence-electron chi connectivity index (χ2n) is 4.26. The Morgan fingerprint density at radius 2 is 2.18 bits per heavy atom. The molecule has 0 bridgehead atoms. The summed E-state index contributed by atoms with van der Waals surface area (Å²) in [5, 5.41) is 0. The number of rotatable bonds is 2. The number of hydrogen-bond acceptors (Lipinski definition) is 1. The molecule has 0 spiro atoms. The van der Waals surface area contributed by atoms with Gasteiger partial charge in [-0.25, -0.2) is 0 Å². The summed E-state index contributed by atoms with van der Waals surface area (Å²) in [6.45, 7) is 7.64. The molecule has 66 valence electrons. The zero-order chi connectivity index (χ0) is 8.32. The first-order valence-electron chi connectivity index (χ1n) is 4.78. The zero-order valence-corrected chi connectivity index (χ0v) is 8.02. The third-order valence-corrected chi connectivity index (χ3v) is 2.50. The lowest BCUT2D eigenvalue weighted by molar-refractivity contribution is -0.0735. The average molecular weight is 156 g/mol. The van der Waals surface area contributed by atoms with E-state index >= 15 is 0 Å². The predicted octanol–water partition coefficient (Wildman–Crippen LogP) is 2.99. The van der Waals surface area contributed by atoms with Gasteiger partial charge in [0.2, 0.25) is 0 Å². The Kier molecular flexibility index (Phi) is 2.94. The highest BCUT2D eigenvalue weighted by Crippen LogP contribution is 2.30. The Labute approximate surface area is 70.1 Å². The van der Waals surface area contributed by atoms with E-state index in [1.165, 1.54) is 25.7 Å². The van der Waals surface area contributed by atoms with E-state index in [-0.39, 0.29) is 5.60 Å². The van der Waals surface area contributed by atoms with Crippen LogP contribution < -0.4 is 0 Å². The molecule has 0 aromatic heterocycles. The van der Waals surface area contributed by atoms with E-state index in [0.717, 1.165) is 12.5 Å². The van der Waals surface area contributed by atoms with E-state index in [1.807, 2.05) is 0 Å². The van der Waals surface area contributed by atoms with Crippen LogP contribution in [0.25, 0.3) is 0 Å². The van der Waals surface area contributed by atoms with E-state index in [1.54, 1.807) is 0 Å². The minimum absolute atomic E-state index is 0.151. The molecule has 0 aliphatic carbocycles. The second kappa shape index (κ2) is 3.57. The minimum Gasteiger partial charge on any atom is -0.376 e. The molecular weight excluding hydrogens is 136 g/mol. The van der Waals surface area contributed by atoms with Crippen LogP contribution in [0, 0.1) is 5.92 Å². The van der Waals surface area contributed by atoms with Gasteiger partial charge >= 0.3 is 0 Å². The van der Waals surface area contributed by atoms with Crippen LogP contribution in [0.4, 0.5) is 0 Å². The van der Waals surface area contributed by atoms with Crippen molar-refractivity contribution >= 4 is 0 Å². The molecule has 0 radical (unpaired) electrons. The van der Waals surface area contributed by atoms with Crippen LogP contribution in [0.2, 0.25) is 0 Å². The molecule has 0 saturated carbocycles. The SMILES string of the molecule is CCCC1CCOC(C)(C)C1. The van der Waals surface area contributed by atoms with Crippen molar-refractivity contribution < 1.29 is 4.74 Å². The molecule has 1 heterocycles. The van der Waals surface area contributed by atoms with E-state index in [2.05, 4.69) is 20.8 Å². The molecule has 1 fully saturated rings. The van der Waals surface area contributed by atoms with Gasteiger partial charge in [-0.1, -0.05) is 19.8 Å². The van der Waals surface area contributed by atoms with Gasteiger partial charge in [-0.15, -0.1) is 0 Å². The van der Waals surface area contributed by atoms with Crippen molar-refractivity contribution in [2.75, 3.05) is 6.61 Å². The third kappa shape index (κ3) is 2.82. The van der Waals surface area contributed by atoms with Crippen molar-refractivity contribution in [3.05, 3.63) is 0 Å². The van der Waals surface area contributed by atoms with Gasteiger partial charge < -0.3 is 4.74 Å². The largest absolute Gasteiger partial charge is 0.376 e. The highest BCUT2D eigenvalue weighted by molar-refractivity contribution is 4.78. The van der Waals surface area contributed by atoms with Crippen molar-refractivity contribution in [1.29, 1.82) is 0 Å². The van der Waals surface area contributed by atoms with Crippen LogP contribution in [0.5, 0.6) is 0 Å². The van der Waals surface area contributed by atoms with Gasteiger partial charge in [0.25, 0.3) is 0 Å². The zero-order valence-electron chi connectivity index (χ0n) is 8.02. The predicted molar refractivity (Wildman–Crippen MR) is 47.7 cm³/mol. The summed E-state index contributed by atoms with van der Waals surface area (Å²) in [7, 11) is 0. The molecular formula is C10H20O. The minimum atomic E-state index is 0.151. The maximum atomic E-state index is 5.64. The summed E-state index contributed by atoms with van der Waals surface area (Å²) in [6.07, 6.45) is 5.23. The van der Waals surface area contributed by atoms with Crippen LogP contribution in [0.15, 0.2) is 0 Å². The van der Waals surface area contributed by atoms with E-state index < -0.39 is 0 Å². The monoisotopic (exact) mass is 156 g/mol. The summed E-state index contributed by atoms with van der Waals surface area (Å²) < 4.78 is 5.64. The molecule has 1 atom stereocenters. The fraction of sp³-hybridized carbons (Fsp3) is 1.00. The van der Waals surface area contributed by atoms with Gasteiger partial charge in [0.05, 0.1) is 5.60 Å². The van der Waals surface area contributed by atoms with Gasteiger partial charge in [0, 0.05) is 6.61 Å². The summed E-state index contributed by atoms with van der Waals surface area (Å²) in [6, 6.07) is 0. The van der Waals surface area contributed by atoms with Gasteiger partial charge in [-0.3, -0.25) is 0 Å². The molecule has 1 aliphatic rings. The highest BCUT2D eigenvalue weighted by atomic mass is 16.5. The molecule has 0 aromatic rings. The molecule has 11 heavy (non-hydrogen) atoms. The first kappa shape index (κ1) is 9.05. The molecule has 1 unspecified atom stereocenters. The van der Waals surface area contributed by atoms with Crippen molar-refractivity contribution in [1.82, 2.24) is 0 Å². The van der Waals surface area contributed by atoms with Crippen molar-refractivity contribution in [3.63, 3.8) is 0 Å². The summed E-state index contributed by atoms with van der Waals surface area (Å²) in [5.41, 5.74) is 0.151. The molecule has 1 rings (SSSR count). The second-order valence-corrected chi connectivity index (χ2v) is 4.26. The standard InChI is InChI=1S/C10H20O/c1-4-5-9-6-7-11-10(2,3)8-9/h9H,4-8H2,1-3H3. The molecule has 1 heteroatoms. The maximum Gasteiger partial charge on any atom is 0.0629 e. The molecule has 1 nitrogen and oxygen atoms in total. The number of ether oxygens (including phenoxy) is 1. The first-order chi connectivity index (χ1) is 5.14.